The number of amides is 1. The molecule has 3 rings (SSSR count). The Morgan fingerprint density at radius 3 is 2.88 bits per heavy atom. The van der Waals surface area contributed by atoms with Gasteiger partial charge in [0.2, 0.25) is 11.9 Å². The van der Waals surface area contributed by atoms with Crippen LogP contribution in [0.4, 0.5) is 5.95 Å². The van der Waals surface area contributed by atoms with Crippen LogP contribution in [0.15, 0.2) is 30.3 Å². The number of carbonyl (C=O) groups excluding carboxylic acids is 1. The lowest BCUT2D eigenvalue weighted by Crippen LogP contribution is -2.51. The minimum absolute atomic E-state index is 0.102. The van der Waals surface area contributed by atoms with Crippen LogP contribution in [0.25, 0.3) is 5.69 Å². The normalized spacial score (nSPS) is 18.8. The van der Waals surface area contributed by atoms with E-state index in [-0.39, 0.29) is 11.9 Å². The lowest BCUT2D eigenvalue weighted by molar-refractivity contribution is -0.133. The molecule has 25 heavy (non-hydrogen) atoms. The van der Waals surface area contributed by atoms with Crippen molar-refractivity contribution >= 4 is 11.9 Å². The fourth-order valence-corrected chi connectivity index (χ4v) is 3.15. The van der Waals surface area contributed by atoms with Crippen LogP contribution in [0.3, 0.4) is 0 Å². The Morgan fingerprint density at radius 2 is 2.16 bits per heavy atom. The number of nitrogens with one attached hydrogen (secondary N) is 2. The fourth-order valence-electron chi connectivity index (χ4n) is 3.15. The van der Waals surface area contributed by atoms with Gasteiger partial charge in [0, 0.05) is 19.1 Å². The summed E-state index contributed by atoms with van der Waals surface area (Å²) in [5.41, 5.74) is 0.852. The average Bonchev–Trinajstić information content (AvgIpc) is 3.14. The van der Waals surface area contributed by atoms with Crippen molar-refractivity contribution in [3.63, 3.8) is 0 Å². The number of benzene rings is 1. The van der Waals surface area contributed by atoms with Crippen molar-refractivity contribution in [2.75, 3.05) is 25.5 Å². The molecular formula is C17H25N7O. The van der Waals surface area contributed by atoms with Crippen molar-refractivity contribution in [3.8, 4) is 5.69 Å². The van der Waals surface area contributed by atoms with Gasteiger partial charge in [-0.25, -0.2) is 0 Å². The molecule has 1 fully saturated rings. The predicted molar refractivity (Wildman–Crippen MR) is 95.5 cm³/mol. The first kappa shape index (κ1) is 17.3. The second-order valence-electron chi connectivity index (χ2n) is 6.27. The van der Waals surface area contributed by atoms with E-state index in [0.29, 0.717) is 18.4 Å². The number of anilines is 1. The third-order valence-electron chi connectivity index (χ3n) is 4.62. The molecule has 1 saturated heterocycles. The summed E-state index contributed by atoms with van der Waals surface area (Å²) in [6, 6.07) is 9.66. The van der Waals surface area contributed by atoms with Gasteiger partial charge in [0.05, 0.1) is 5.69 Å². The van der Waals surface area contributed by atoms with Crippen LogP contribution < -0.4 is 10.6 Å². The Hall–Kier alpha value is -2.48. The molecule has 0 spiro atoms. The second-order valence-corrected chi connectivity index (χ2v) is 6.27. The maximum Gasteiger partial charge on any atom is 0.248 e. The molecule has 2 N–H and O–H groups in total. The van der Waals surface area contributed by atoms with Crippen LogP contribution in [0.2, 0.25) is 0 Å². The van der Waals surface area contributed by atoms with Crippen molar-refractivity contribution in [3.05, 3.63) is 30.3 Å². The predicted octanol–water partition coefficient (Wildman–Crippen LogP) is 1.06. The SMILES string of the molecule is CC[C@H](Nc1nnnn1-c1ccccc1)C(=O)N1CCC[C@H](NC)C1. The van der Waals surface area contributed by atoms with Crippen LogP contribution in [0, 0.1) is 0 Å². The van der Waals surface area contributed by atoms with Crippen LogP contribution in [-0.4, -0.2) is 63.2 Å². The first-order chi connectivity index (χ1) is 12.2. The zero-order valence-corrected chi connectivity index (χ0v) is 14.7. The van der Waals surface area contributed by atoms with Crippen molar-refractivity contribution < 1.29 is 4.79 Å². The molecule has 8 nitrogen and oxygen atoms in total. The maximum atomic E-state index is 12.9. The number of piperidine rings is 1. The van der Waals surface area contributed by atoms with Gasteiger partial charge in [-0.1, -0.05) is 30.2 Å². The van der Waals surface area contributed by atoms with Gasteiger partial charge >= 0.3 is 0 Å². The van der Waals surface area contributed by atoms with Crippen molar-refractivity contribution in [1.29, 1.82) is 0 Å². The smallest absolute Gasteiger partial charge is 0.248 e. The van der Waals surface area contributed by atoms with Crippen LogP contribution in [0.1, 0.15) is 26.2 Å². The van der Waals surface area contributed by atoms with E-state index in [9.17, 15) is 4.79 Å². The number of carbonyl (C=O) groups is 1. The molecule has 0 radical (unpaired) electrons. The average molecular weight is 343 g/mol. The molecule has 1 amide bonds. The number of likely N-dealkylation sites (tertiary alicyclic amines) is 1. The van der Waals surface area contributed by atoms with E-state index in [1.54, 1.807) is 4.68 Å². The topological polar surface area (TPSA) is 88.0 Å². The van der Waals surface area contributed by atoms with Crippen molar-refractivity contribution in [2.24, 2.45) is 0 Å². The van der Waals surface area contributed by atoms with E-state index in [1.807, 2.05) is 49.2 Å². The number of nitrogens with zero attached hydrogens (tertiary/aromatic N) is 5. The Kier molecular flexibility index (Phi) is 5.60. The first-order valence-corrected chi connectivity index (χ1v) is 8.79. The number of tetrazole rings is 1. The molecule has 0 saturated carbocycles. The number of hydrogen-bond acceptors (Lipinski definition) is 6. The minimum atomic E-state index is -0.343. The van der Waals surface area contributed by atoms with E-state index < -0.39 is 0 Å². The van der Waals surface area contributed by atoms with E-state index in [4.69, 9.17) is 0 Å². The highest BCUT2D eigenvalue weighted by Crippen LogP contribution is 2.16. The van der Waals surface area contributed by atoms with Gasteiger partial charge in [0.25, 0.3) is 0 Å². The third-order valence-corrected chi connectivity index (χ3v) is 4.62. The molecule has 1 aliphatic rings. The highest BCUT2D eigenvalue weighted by molar-refractivity contribution is 5.84. The molecule has 2 atom stereocenters. The Labute approximate surface area is 147 Å². The molecule has 134 valence electrons. The minimum Gasteiger partial charge on any atom is -0.341 e. The second kappa shape index (κ2) is 8.06. The monoisotopic (exact) mass is 343 g/mol. The molecule has 1 aromatic carbocycles. The summed E-state index contributed by atoms with van der Waals surface area (Å²) in [4.78, 5) is 14.9. The summed E-state index contributed by atoms with van der Waals surface area (Å²) in [7, 11) is 1.95. The zero-order chi connectivity index (χ0) is 17.6. The van der Waals surface area contributed by atoms with E-state index in [1.165, 1.54) is 0 Å². The van der Waals surface area contributed by atoms with Gasteiger partial charge in [-0.3, -0.25) is 4.79 Å². The van der Waals surface area contributed by atoms with Gasteiger partial charge < -0.3 is 15.5 Å². The molecule has 1 aliphatic heterocycles. The first-order valence-electron chi connectivity index (χ1n) is 8.79. The van der Waals surface area contributed by atoms with Gasteiger partial charge in [-0.15, -0.1) is 0 Å². The van der Waals surface area contributed by atoms with Crippen molar-refractivity contribution in [2.45, 2.75) is 38.3 Å². The molecular weight excluding hydrogens is 318 g/mol. The number of para-hydroxylation sites is 1. The molecule has 0 bridgehead atoms. The van der Waals surface area contributed by atoms with Crippen molar-refractivity contribution in [1.82, 2.24) is 30.4 Å². The molecule has 1 aromatic heterocycles. The molecule has 2 heterocycles. The van der Waals surface area contributed by atoms with Gasteiger partial charge in [-0.05, 0) is 48.9 Å². The van der Waals surface area contributed by atoms with Gasteiger partial charge in [-0.2, -0.15) is 4.68 Å². The zero-order valence-electron chi connectivity index (χ0n) is 14.7. The summed E-state index contributed by atoms with van der Waals surface area (Å²) < 4.78 is 1.61. The van der Waals surface area contributed by atoms with E-state index >= 15 is 0 Å². The summed E-state index contributed by atoms with van der Waals surface area (Å²) in [6.45, 7) is 3.54. The number of hydrogen-bond donors (Lipinski definition) is 2. The van der Waals surface area contributed by atoms with Crippen LogP contribution in [0.5, 0.6) is 0 Å². The Bertz CT molecular complexity index is 687. The molecule has 0 unspecified atom stereocenters. The lowest BCUT2D eigenvalue weighted by atomic mass is 10.0. The van der Waals surface area contributed by atoms with Crippen LogP contribution in [-0.2, 0) is 4.79 Å². The maximum absolute atomic E-state index is 12.9. The Balaban J connectivity index is 1.73. The quantitative estimate of drug-likeness (QED) is 0.815. The number of rotatable bonds is 6. The largest absolute Gasteiger partial charge is 0.341 e. The van der Waals surface area contributed by atoms with Crippen LogP contribution >= 0.6 is 0 Å². The van der Waals surface area contributed by atoms with Gasteiger partial charge in [0.15, 0.2) is 0 Å². The highest BCUT2D eigenvalue weighted by Gasteiger charge is 2.28. The number of likely N-dealkylation sites (N-methyl/N-ethyl adjacent to an activating group) is 1. The van der Waals surface area contributed by atoms with E-state index in [0.717, 1.165) is 31.6 Å². The van der Waals surface area contributed by atoms with E-state index in [2.05, 4.69) is 26.2 Å². The molecule has 0 aliphatic carbocycles. The summed E-state index contributed by atoms with van der Waals surface area (Å²) in [5.74, 6) is 0.582. The summed E-state index contributed by atoms with van der Waals surface area (Å²) >= 11 is 0. The standard InChI is InChI=1S/C17H25N7O/c1-3-15(16(25)23-11-7-8-13(12-23)18-2)19-17-20-21-22-24(17)14-9-5-4-6-10-14/h4-6,9-10,13,15,18H,3,7-8,11-12H2,1-2H3,(H,19,20,22)/t13-,15-/m0/s1. The lowest BCUT2D eigenvalue weighted by Gasteiger charge is -2.34. The Morgan fingerprint density at radius 1 is 1.36 bits per heavy atom. The van der Waals surface area contributed by atoms with Gasteiger partial charge in [0.1, 0.15) is 6.04 Å². The summed E-state index contributed by atoms with van der Waals surface area (Å²) in [6.07, 6.45) is 2.80. The highest BCUT2D eigenvalue weighted by atomic mass is 16.2. The third kappa shape index (κ3) is 3.96. The molecule has 2 aromatic rings. The number of aromatic nitrogens is 4. The fraction of sp³-hybridized carbons (Fsp3) is 0.529. The summed E-state index contributed by atoms with van der Waals surface area (Å²) in [5, 5.41) is 18.3. The molecule has 8 heteroatoms.